The number of halogens is 3. The van der Waals surface area contributed by atoms with Gasteiger partial charge < -0.3 is 20.9 Å². The second-order valence-electron chi connectivity index (χ2n) is 7.22. The van der Waals surface area contributed by atoms with Crippen LogP contribution in [0.2, 0.25) is 0 Å². The standard InChI is InChI=1S/C16H25Cl3N2O6S/c1-8(22)21-6-10(16(17,18)19)15(13(25)26,12(24)9(20)7-28)5-11(23)27-14(2,3)4/h9-10,28H,5-7,20H2,1-4H3,(H,21,22)(H,25,26). The molecule has 8 nitrogen and oxygen atoms in total. The summed E-state index contributed by atoms with van der Waals surface area (Å²) in [6, 6.07) is -1.37. The highest BCUT2D eigenvalue weighted by molar-refractivity contribution is 7.80. The SMILES string of the molecule is CC(=O)NCC(C(Cl)(Cl)Cl)C(CC(=O)OC(C)(C)C)(C(=O)O)C(=O)C(N)CS. The molecule has 0 aliphatic rings. The van der Waals surface area contributed by atoms with Crippen LogP contribution in [0.5, 0.6) is 0 Å². The van der Waals surface area contributed by atoms with E-state index in [9.17, 15) is 24.3 Å². The van der Waals surface area contributed by atoms with Crippen LogP contribution in [0.3, 0.4) is 0 Å². The number of ketones is 1. The van der Waals surface area contributed by atoms with Gasteiger partial charge in [0.15, 0.2) is 9.58 Å². The van der Waals surface area contributed by atoms with Crippen LogP contribution in [0.4, 0.5) is 0 Å². The second kappa shape index (κ2) is 10.3. The van der Waals surface area contributed by atoms with E-state index in [1.54, 1.807) is 20.8 Å². The van der Waals surface area contributed by atoms with Gasteiger partial charge in [0, 0.05) is 25.1 Å². The second-order valence-corrected chi connectivity index (χ2v) is 9.96. The molecule has 0 aliphatic carbocycles. The predicted octanol–water partition coefficient (Wildman–Crippen LogP) is 1.74. The Morgan fingerprint density at radius 2 is 1.68 bits per heavy atom. The molecule has 0 aromatic heterocycles. The van der Waals surface area contributed by atoms with Gasteiger partial charge in [-0.2, -0.15) is 12.6 Å². The van der Waals surface area contributed by atoms with E-state index in [4.69, 9.17) is 45.3 Å². The van der Waals surface area contributed by atoms with Crippen LogP contribution in [0.15, 0.2) is 0 Å². The fourth-order valence-electron chi connectivity index (χ4n) is 2.55. The van der Waals surface area contributed by atoms with Crippen LogP contribution in [-0.4, -0.2) is 56.5 Å². The lowest BCUT2D eigenvalue weighted by Crippen LogP contribution is -2.59. The van der Waals surface area contributed by atoms with Gasteiger partial charge in [-0.15, -0.1) is 0 Å². The van der Waals surface area contributed by atoms with Gasteiger partial charge in [0.2, 0.25) is 5.91 Å². The molecule has 0 aromatic carbocycles. The maximum absolute atomic E-state index is 13.0. The molecule has 0 fully saturated rings. The number of esters is 1. The van der Waals surface area contributed by atoms with Crippen molar-refractivity contribution in [2.75, 3.05) is 12.3 Å². The first kappa shape index (κ1) is 27.3. The van der Waals surface area contributed by atoms with E-state index in [0.717, 1.165) is 6.92 Å². The molecule has 4 N–H and O–H groups in total. The predicted molar refractivity (Wildman–Crippen MR) is 110 cm³/mol. The fourth-order valence-corrected chi connectivity index (χ4v) is 3.50. The lowest BCUT2D eigenvalue weighted by molar-refractivity contribution is -0.172. The topological polar surface area (TPSA) is 136 Å². The summed E-state index contributed by atoms with van der Waals surface area (Å²) in [5, 5.41) is 12.3. The van der Waals surface area contributed by atoms with E-state index in [0.29, 0.717) is 0 Å². The van der Waals surface area contributed by atoms with Crippen molar-refractivity contribution in [1.82, 2.24) is 5.32 Å². The van der Waals surface area contributed by atoms with Crippen molar-refractivity contribution in [2.45, 2.75) is 49.6 Å². The number of hydrogen-bond donors (Lipinski definition) is 4. The Kier molecular flexibility index (Phi) is 10.1. The molecule has 0 aromatic rings. The Hall–Kier alpha value is -0.740. The van der Waals surface area contributed by atoms with Gasteiger partial charge in [0.05, 0.1) is 12.5 Å². The molecule has 28 heavy (non-hydrogen) atoms. The number of nitrogens with two attached hydrogens (primary N) is 1. The zero-order chi connectivity index (χ0) is 22.5. The number of aliphatic carboxylic acids is 1. The van der Waals surface area contributed by atoms with Gasteiger partial charge in [-0.3, -0.25) is 19.2 Å². The highest BCUT2D eigenvalue weighted by atomic mass is 35.6. The quantitative estimate of drug-likeness (QED) is 0.171. The van der Waals surface area contributed by atoms with Gasteiger partial charge in [-0.25, -0.2) is 0 Å². The van der Waals surface area contributed by atoms with Gasteiger partial charge in [0.1, 0.15) is 11.0 Å². The minimum absolute atomic E-state index is 0.213. The Morgan fingerprint density at radius 3 is 2.00 bits per heavy atom. The average Bonchev–Trinajstić information content (AvgIpc) is 2.48. The summed E-state index contributed by atoms with van der Waals surface area (Å²) in [5.41, 5.74) is 2.20. The summed E-state index contributed by atoms with van der Waals surface area (Å²) in [4.78, 5) is 49.1. The molecule has 3 atom stereocenters. The summed E-state index contributed by atoms with van der Waals surface area (Å²) in [6.45, 7) is 5.36. The van der Waals surface area contributed by atoms with Gasteiger partial charge in [-0.05, 0) is 20.8 Å². The van der Waals surface area contributed by atoms with Crippen molar-refractivity contribution in [1.29, 1.82) is 0 Å². The monoisotopic (exact) mass is 478 g/mol. The molecule has 162 valence electrons. The maximum Gasteiger partial charge on any atom is 0.318 e. The molecule has 12 heteroatoms. The first-order chi connectivity index (χ1) is 12.5. The molecule has 0 bridgehead atoms. The Balaban J connectivity index is 6.50. The Morgan fingerprint density at radius 1 is 1.18 bits per heavy atom. The number of rotatable bonds is 9. The highest BCUT2D eigenvalue weighted by Crippen LogP contribution is 2.48. The number of Topliss-reactive ketones (excluding diaryl/α,β-unsaturated/α-hetero) is 1. The molecule has 0 saturated carbocycles. The lowest BCUT2D eigenvalue weighted by Gasteiger charge is -2.40. The molecule has 0 spiro atoms. The molecule has 0 radical (unpaired) electrons. The van der Waals surface area contributed by atoms with E-state index in [2.05, 4.69) is 17.9 Å². The summed E-state index contributed by atoms with van der Waals surface area (Å²) in [6.07, 6.45) is -0.946. The third-order valence-corrected chi connectivity index (χ3v) is 4.93. The van der Waals surface area contributed by atoms with Crippen LogP contribution >= 0.6 is 47.4 Å². The minimum atomic E-state index is -2.57. The van der Waals surface area contributed by atoms with Crippen molar-refractivity contribution < 1.29 is 29.0 Å². The van der Waals surface area contributed by atoms with Crippen molar-refractivity contribution in [3.63, 3.8) is 0 Å². The van der Waals surface area contributed by atoms with E-state index in [1.165, 1.54) is 0 Å². The van der Waals surface area contributed by atoms with E-state index >= 15 is 0 Å². The van der Waals surface area contributed by atoms with Gasteiger partial charge in [-0.1, -0.05) is 34.8 Å². The number of thiol groups is 1. The van der Waals surface area contributed by atoms with Crippen LogP contribution in [-0.2, 0) is 23.9 Å². The largest absolute Gasteiger partial charge is 0.480 e. The molecule has 0 rings (SSSR count). The number of amides is 1. The van der Waals surface area contributed by atoms with Crippen molar-refractivity contribution >= 4 is 71.1 Å². The number of carbonyl (C=O) groups excluding carboxylic acids is 3. The Bertz CT molecular complexity index is 620. The number of nitrogens with one attached hydrogen (secondary N) is 1. The smallest absolute Gasteiger partial charge is 0.318 e. The summed E-state index contributed by atoms with van der Waals surface area (Å²) >= 11 is 21.8. The first-order valence-electron chi connectivity index (χ1n) is 8.16. The van der Waals surface area contributed by atoms with Crippen molar-refractivity contribution in [3.05, 3.63) is 0 Å². The van der Waals surface area contributed by atoms with Gasteiger partial charge >= 0.3 is 11.9 Å². The third kappa shape index (κ3) is 7.59. The lowest BCUT2D eigenvalue weighted by atomic mass is 9.68. The molecular weight excluding hydrogens is 455 g/mol. The maximum atomic E-state index is 13.0. The first-order valence-corrected chi connectivity index (χ1v) is 9.92. The number of carbonyl (C=O) groups is 4. The van der Waals surface area contributed by atoms with Crippen LogP contribution in [0, 0.1) is 11.3 Å². The summed E-state index contributed by atoms with van der Waals surface area (Å²) in [5.74, 6) is -6.20. The number of carboxylic acid groups (broad SMARTS) is 1. The molecule has 0 heterocycles. The van der Waals surface area contributed by atoms with Crippen LogP contribution < -0.4 is 11.1 Å². The van der Waals surface area contributed by atoms with E-state index < -0.39 is 63.4 Å². The number of alkyl halides is 3. The number of hydrogen-bond acceptors (Lipinski definition) is 7. The molecule has 1 amide bonds. The molecule has 3 unspecified atom stereocenters. The van der Waals surface area contributed by atoms with Crippen LogP contribution in [0.25, 0.3) is 0 Å². The average molecular weight is 480 g/mol. The molecular formula is C16H25Cl3N2O6S. The zero-order valence-corrected chi connectivity index (χ0v) is 19.1. The van der Waals surface area contributed by atoms with E-state index in [1.807, 2.05) is 0 Å². The summed E-state index contributed by atoms with van der Waals surface area (Å²) in [7, 11) is 0. The van der Waals surface area contributed by atoms with Gasteiger partial charge in [0.25, 0.3) is 0 Å². The fraction of sp³-hybridized carbons (Fsp3) is 0.750. The highest BCUT2D eigenvalue weighted by Gasteiger charge is 2.61. The number of carboxylic acids is 1. The zero-order valence-electron chi connectivity index (χ0n) is 15.9. The van der Waals surface area contributed by atoms with Crippen molar-refractivity contribution in [2.24, 2.45) is 17.1 Å². The third-order valence-electron chi connectivity index (χ3n) is 3.74. The number of ether oxygens (including phenoxy) is 1. The van der Waals surface area contributed by atoms with Crippen molar-refractivity contribution in [3.8, 4) is 0 Å². The minimum Gasteiger partial charge on any atom is -0.480 e. The normalized spacial score (nSPS) is 16.5. The Labute approximate surface area is 184 Å². The summed E-state index contributed by atoms with van der Waals surface area (Å²) < 4.78 is 2.83. The van der Waals surface area contributed by atoms with Crippen LogP contribution in [0.1, 0.15) is 34.1 Å². The van der Waals surface area contributed by atoms with E-state index in [-0.39, 0.29) is 5.75 Å². The molecule has 0 saturated heterocycles. The molecule has 0 aliphatic heterocycles.